The van der Waals surface area contributed by atoms with Gasteiger partial charge in [-0.05, 0) is 43.2 Å². The predicted molar refractivity (Wildman–Crippen MR) is 85.6 cm³/mol. The minimum atomic E-state index is 0.397. The van der Waals surface area contributed by atoms with Crippen LogP contribution in [-0.2, 0) is 6.54 Å². The van der Waals surface area contributed by atoms with Gasteiger partial charge < -0.3 is 10.5 Å². The Labute approximate surface area is 124 Å². The molecule has 0 spiro atoms. The van der Waals surface area contributed by atoms with Crippen LogP contribution >= 0.6 is 0 Å². The SMILES string of the molecule is Cc1ccc(C)c(Oc2cc(CN)nc3ccccc23)c1. The fourth-order valence-electron chi connectivity index (χ4n) is 2.32. The number of hydrogen-bond acceptors (Lipinski definition) is 3. The first kappa shape index (κ1) is 13.6. The zero-order valence-electron chi connectivity index (χ0n) is 12.3. The quantitative estimate of drug-likeness (QED) is 0.784. The van der Waals surface area contributed by atoms with Crippen LogP contribution in [0, 0.1) is 13.8 Å². The highest BCUT2D eigenvalue weighted by atomic mass is 16.5. The lowest BCUT2D eigenvalue weighted by Crippen LogP contribution is -2.01. The molecule has 1 heterocycles. The zero-order valence-corrected chi connectivity index (χ0v) is 12.3. The molecule has 0 amide bonds. The monoisotopic (exact) mass is 278 g/mol. The number of ether oxygens (including phenoxy) is 1. The third-order valence-corrected chi connectivity index (χ3v) is 3.50. The molecule has 0 fully saturated rings. The number of benzene rings is 2. The van der Waals surface area contributed by atoms with Crippen LogP contribution in [0.15, 0.2) is 48.5 Å². The van der Waals surface area contributed by atoms with E-state index in [0.29, 0.717) is 6.54 Å². The summed E-state index contributed by atoms with van der Waals surface area (Å²) in [7, 11) is 0. The lowest BCUT2D eigenvalue weighted by molar-refractivity contribution is 0.483. The van der Waals surface area contributed by atoms with Gasteiger partial charge in [0, 0.05) is 18.0 Å². The Morgan fingerprint density at radius 3 is 2.62 bits per heavy atom. The van der Waals surface area contributed by atoms with Crippen molar-refractivity contribution in [1.82, 2.24) is 4.98 Å². The molecule has 1 aromatic heterocycles. The fourth-order valence-corrected chi connectivity index (χ4v) is 2.32. The minimum absolute atomic E-state index is 0.397. The molecule has 0 saturated carbocycles. The smallest absolute Gasteiger partial charge is 0.138 e. The molecule has 0 bridgehead atoms. The van der Waals surface area contributed by atoms with Crippen LogP contribution in [0.25, 0.3) is 10.9 Å². The highest BCUT2D eigenvalue weighted by molar-refractivity contribution is 5.85. The molecule has 0 radical (unpaired) electrons. The first-order chi connectivity index (χ1) is 10.2. The Hall–Kier alpha value is -2.39. The van der Waals surface area contributed by atoms with Crippen molar-refractivity contribution in [2.24, 2.45) is 5.73 Å². The average Bonchev–Trinajstić information content (AvgIpc) is 2.50. The summed E-state index contributed by atoms with van der Waals surface area (Å²) in [5, 5.41) is 0.996. The van der Waals surface area contributed by atoms with Gasteiger partial charge in [-0.2, -0.15) is 0 Å². The van der Waals surface area contributed by atoms with Gasteiger partial charge in [0.2, 0.25) is 0 Å². The van der Waals surface area contributed by atoms with E-state index in [2.05, 4.69) is 24.0 Å². The van der Waals surface area contributed by atoms with Crippen molar-refractivity contribution in [3.8, 4) is 11.5 Å². The summed E-state index contributed by atoms with van der Waals surface area (Å²) in [6.45, 7) is 4.50. The van der Waals surface area contributed by atoms with Gasteiger partial charge in [0.25, 0.3) is 0 Å². The van der Waals surface area contributed by atoms with Gasteiger partial charge in [0.05, 0.1) is 11.2 Å². The van der Waals surface area contributed by atoms with Crippen LogP contribution in [0.4, 0.5) is 0 Å². The van der Waals surface area contributed by atoms with Crippen molar-refractivity contribution in [2.75, 3.05) is 0 Å². The van der Waals surface area contributed by atoms with Crippen LogP contribution in [-0.4, -0.2) is 4.98 Å². The van der Waals surface area contributed by atoms with E-state index < -0.39 is 0 Å². The Kier molecular flexibility index (Phi) is 3.59. The molecule has 0 aliphatic rings. The maximum absolute atomic E-state index is 6.15. The molecule has 3 rings (SSSR count). The molecule has 0 atom stereocenters. The van der Waals surface area contributed by atoms with Crippen molar-refractivity contribution in [2.45, 2.75) is 20.4 Å². The molecule has 0 aliphatic carbocycles. The largest absolute Gasteiger partial charge is 0.456 e. The summed E-state index contributed by atoms with van der Waals surface area (Å²) in [5.74, 6) is 1.67. The van der Waals surface area contributed by atoms with E-state index in [0.717, 1.165) is 33.7 Å². The van der Waals surface area contributed by atoms with Gasteiger partial charge in [0.15, 0.2) is 0 Å². The van der Waals surface area contributed by atoms with Crippen molar-refractivity contribution in [3.05, 3.63) is 65.4 Å². The number of rotatable bonds is 3. The molecule has 21 heavy (non-hydrogen) atoms. The van der Waals surface area contributed by atoms with Crippen LogP contribution in [0.5, 0.6) is 11.5 Å². The average molecular weight is 278 g/mol. The molecule has 2 aromatic carbocycles. The van der Waals surface area contributed by atoms with Crippen LogP contribution in [0.2, 0.25) is 0 Å². The molecule has 3 aromatic rings. The number of para-hydroxylation sites is 1. The third-order valence-electron chi connectivity index (χ3n) is 3.50. The number of pyridine rings is 1. The van der Waals surface area contributed by atoms with Gasteiger partial charge in [-0.25, -0.2) is 0 Å². The minimum Gasteiger partial charge on any atom is -0.456 e. The Morgan fingerprint density at radius 1 is 1.00 bits per heavy atom. The molecule has 0 saturated heterocycles. The highest BCUT2D eigenvalue weighted by Gasteiger charge is 2.09. The van der Waals surface area contributed by atoms with Crippen molar-refractivity contribution in [1.29, 1.82) is 0 Å². The Balaban J connectivity index is 2.13. The van der Waals surface area contributed by atoms with E-state index in [1.165, 1.54) is 5.56 Å². The van der Waals surface area contributed by atoms with E-state index >= 15 is 0 Å². The summed E-state index contributed by atoms with van der Waals surface area (Å²) < 4.78 is 6.15. The number of hydrogen-bond donors (Lipinski definition) is 1. The second kappa shape index (κ2) is 5.54. The van der Waals surface area contributed by atoms with Gasteiger partial charge in [0.1, 0.15) is 11.5 Å². The van der Waals surface area contributed by atoms with Crippen LogP contribution in [0.1, 0.15) is 16.8 Å². The number of fused-ring (bicyclic) bond motifs is 1. The molecule has 3 nitrogen and oxygen atoms in total. The van der Waals surface area contributed by atoms with Crippen molar-refractivity contribution < 1.29 is 4.74 Å². The first-order valence-electron chi connectivity index (χ1n) is 7.01. The fraction of sp³-hybridized carbons (Fsp3) is 0.167. The maximum Gasteiger partial charge on any atom is 0.138 e. The molecule has 0 unspecified atom stereocenters. The van der Waals surface area contributed by atoms with E-state index in [-0.39, 0.29) is 0 Å². The van der Waals surface area contributed by atoms with Crippen molar-refractivity contribution in [3.63, 3.8) is 0 Å². The molecular weight excluding hydrogens is 260 g/mol. The lowest BCUT2D eigenvalue weighted by atomic mass is 10.1. The van der Waals surface area contributed by atoms with E-state index in [4.69, 9.17) is 10.5 Å². The second-order valence-corrected chi connectivity index (χ2v) is 5.20. The highest BCUT2D eigenvalue weighted by Crippen LogP contribution is 2.32. The van der Waals surface area contributed by atoms with E-state index in [9.17, 15) is 0 Å². The lowest BCUT2D eigenvalue weighted by Gasteiger charge is -2.13. The van der Waals surface area contributed by atoms with Gasteiger partial charge in [-0.1, -0.05) is 24.3 Å². The molecule has 3 heteroatoms. The zero-order chi connectivity index (χ0) is 14.8. The van der Waals surface area contributed by atoms with E-state index in [1.54, 1.807) is 0 Å². The molecular formula is C18H18N2O. The summed E-state index contributed by atoms with van der Waals surface area (Å²) in [6, 6.07) is 16.1. The van der Waals surface area contributed by atoms with Crippen LogP contribution in [0.3, 0.4) is 0 Å². The number of aromatic nitrogens is 1. The first-order valence-corrected chi connectivity index (χ1v) is 7.01. The van der Waals surface area contributed by atoms with Gasteiger partial charge in [-0.15, -0.1) is 0 Å². The number of nitrogens with two attached hydrogens (primary N) is 1. The second-order valence-electron chi connectivity index (χ2n) is 5.20. The molecule has 106 valence electrons. The molecule has 0 aliphatic heterocycles. The van der Waals surface area contributed by atoms with Crippen LogP contribution < -0.4 is 10.5 Å². The standard InChI is InChI=1S/C18H18N2O/c1-12-7-8-13(2)17(9-12)21-18-10-14(11-19)20-16-6-4-3-5-15(16)18/h3-10H,11,19H2,1-2H3. The number of aryl methyl sites for hydroxylation is 2. The van der Waals surface area contributed by atoms with E-state index in [1.807, 2.05) is 43.3 Å². The Morgan fingerprint density at radius 2 is 1.81 bits per heavy atom. The normalized spacial score (nSPS) is 10.8. The summed E-state index contributed by atoms with van der Waals surface area (Å²) in [6.07, 6.45) is 0. The predicted octanol–water partition coefficient (Wildman–Crippen LogP) is 4.10. The summed E-state index contributed by atoms with van der Waals surface area (Å²) >= 11 is 0. The summed E-state index contributed by atoms with van der Waals surface area (Å²) in [5.41, 5.74) is 9.75. The third kappa shape index (κ3) is 2.73. The molecule has 2 N–H and O–H groups in total. The maximum atomic E-state index is 6.15. The topological polar surface area (TPSA) is 48.1 Å². The van der Waals surface area contributed by atoms with Gasteiger partial charge in [-0.3, -0.25) is 4.98 Å². The summed E-state index contributed by atoms with van der Waals surface area (Å²) in [4.78, 5) is 4.53. The van der Waals surface area contributed by atoms with Gasteiger partial charge >= 0.3 is 0 Å². The number of nitrogens with zero attached hydrogens (tertiary/aromatic N) is 1. The Bertz CT molecular complexity index is 796. The van der Waals surface area contributed by atoms with Crippen molar-refractivity contribution >= 4 is 10.9 Å².